The lowest BCUT2D eigenvalue weighted by molar-refractivity contribution is -0.131. The van der Waals surface area contributed by atoms with Crippen molar-refractivity contribution >= 4 is 17.6 Å². The predicted octanol–water partition coefficient (Wildman–Crippen LogP) is 2.63. The van der Waals surface area contributed by atoms with Crippen molar-refractivity contribution in [3.8, 4) is 0 Å². The van der Waals surface area contributed by atoms with Crippen LogP contribution in [0.3, 0.4) is 0 Å². The van der Waals surface area contributed by atoms with Gasteiger partial charge in [-0.15, -0.1) is 0 Å². The van der Waals surface area contributed by atoms with E-state index in [0.717, 1.165) is 11.6 Å². The van der Waals surface area contributed by atoms with Gasteiger partial charge in [0.2, 0.25) is 0 Å². The van der Waals surface area contributed by atoms with Crippen LogP contribution in [0.15, 0.2) is 36.4 Å². The van der Waals surface area contributed by atoms with E-state index in [4.69, 9.17) is 16.7 Å². The Morgan fingerprint density at radius 2 is 2.38 bits per heavy atom. The molecule has 0 fully saturated rings. The SMILES string of the molecule is C[C@@H](NC/C=C/C(=O)O)c1cccc(Cl)c1. The van der Waals surface area contributed by atoms with Gasteiger partial charge in [0.1, 0.15) is 0 Å². The highest BCUT2D eigenvalue weighted by Crippen LogP contribution is 2.16. The Balaban J connectivity index is 2.46. The van der Waals surface area contributed by atoms with Gasteiger partial charge in [-0.05, 0) is 24.6 Å². The average Bonchev–Trinajstić information content (AvgIpc) is 2.24. The van der Waals surface area contributed by atoms with E-state index in [2.05, 4.69) is 5.32 Å². The van der Waals surface area contributed by atoms with Gasteiger partial charge in [-0.2, -0.15) is 0 Å². The minimum atomic E-state index is -0.933. The number of rotatable bonds is 5. The summed E-state index contributed by atoms with van der Waals surface area (Å²) in [5.74, 6) is -0.933. The summed E-state index contributed by atoms with van der Waals surface area (Å²) in [6.07, 6.45) is 2.70. The van der Waals surface area contributed by atoms with Gasteiger partial charge >= 0.3 is 5.97 Å². The number of nitrogens with one attached hydrogen (secondary N) is 1. The number of aliphatic carboxylic acids is 1. The molecule has 0 aliphatic heterocycles. The maximum atomic E-state index is 10.2. The van der Waals surface area contributed by atoms with Crippen LogP contribution in [0.1, 0.15) is 18.5 Å². The van der Waals surface area contributed by atoms with Crippen LogP contribution in [0, 0.1) is 0 Å². The molecule has 1 atom stereocenters. The van der Waals surface area contributed by atoms with Gasteiger partial charge in [-0.3, -0.25) is 0 Å². The van der Waals surface area contributed by atoms with Crippen LogP contribution in [0.4, 0.5) is 0 Å². The highest BCUT2D eigenvalue weighted by Gasteiger charge is 2.03. The fourth-order valence-corrected chi connectivity index (χ4v) is 1.50. The van der Waals surface area contributed by atoms with E-state index >= 15 is 0 Å². The third kappa shape index (κ3) is 4.47. The number of carbonyl (C=O) groups is 1. The van der Waals surface area contributed by atoms with Gasteiger partial charge in [0, 0.05) is 23.7 Å². The summed E-state index contributed by atoms with van der Waals surface area (Å²) in [7, 11) is 0. The van der Waals surface area contributed by atoms with E-state index in [1.54, 1.807) is 6.08 Å². The lowest BCUT2D eigenvalue weighted by Crippen LogP contribution is -2.18. The largest absolute Gasteiger partial charge is 0.478 e. The second-order valence-corrected chi connectivity index (χ2v) is 3.86. The topological polar surface area (TPSA) is 49.3 Å². The zero-order valence-corrected chi connectivity index (χ0v) is 9.74. The van der Waals surface area contributed by atoms with Crippen LogP contribution in [0.2, 0.25) is 5.02 Å². The van der Waals surface area contributed by atoms with Crippen molar-refractivity contribution in [1.82, 2.24) is 5.32 Å². The molecule has 0 bridgehead atoms. The van der Waals surface area contributed by atoms with Gasteiger partial charge in [0.25, 0.3) is 0 Å². The molecule has 0 unspecified atom stereocenters. The molecule has 16 heavy (non-hydrogen) atoms. The van der Waals surface area contributed by atoms with Gasteiger partial charge in [0.05, 0.1) is 0 Å². The maximum Gasteiger partial charge on any atom is 0.328 e. The molecule has 1 rings (SSSR count). The Kier molecular flexibility index (Phi) is 5.02. The molecule has 0 aliphatic rings. The quantitative estimate of drug-likeness (QED) is 0.777. The molecular weight excluding hydrogens is 226 g/mol. The first-order valence-electron chi connectivity index (χ1n) is 4.98. The molecule has 0 heterocycles. The standard InChI is InChI=1S/C12H14ClNO2/c1-9(14-7-3-6-12(15)16)10-4-2-5-11(13)8-10/h2-6,8-9,14H,7H2,1H3,(H,15,16)/b6-3+/t9-/m1/s1. The van der Waals surface area contributed by atoms with Crippen molar-refractivity contribution in [1.29, 1.82) is 0 Å². The molecule has 4 heteroatoms. The summed E-state index contributed by atoms with van der Waals surface area (Å²) in [5.41, 5.74) is 1.08. The zero-order valence-electron chi connectivity index (χ0n) is 8.98. The van der Waals surface area contributed by atoms with Crippen molar-refractivity contribution < 1.29 is 9.90 Å². The zero-order chi connectivity index (χ0) is 12.0. The second-order valence-electron chi connectivity index (χ2n) is 3.43. The Bertz CT molecular complexity index is 390. The van der Waals surface area contributed by atoms with E-state index in [-0.39, 0.29) is 6.04 Å². The molecule has 3 nitrogen and oxygen atoms in total. The van der Waals surface area contributed by atoms with E-state index in [0.29, 0.717) is 11.6 Å². The Morgan fingerprint density at radius 3 is 3.00 bits per heavy atom. The molecule has 0 spiro atoms. The maximum absolute atomic E-state index is 10.2. The minimum absolute atomic E-state index is 0.136. The third-order valence-electron chi connectivity index (χ3n) is 2.15. The number of hydrogen-bond donors (Lipinski definition) is 2. The van der Waals surface area contributed by atoms with Crippen molar-refractivity contribution in [2.24, 2.45) is 0 Å². The molecule has 1 aromatic rings. The van der Waals surface area contributed by atoms with Crippen LogP contribution in [0.25, 0.3) is 0 Å². The number of carboxylic acid groups (broad SMARTS) is 1. The van der Waals surface area contributed by atoms with E-state index in [1.807, 2.05) is 31.2 Å². The van der Waals surface area contributed by atoms with E-state index < -0.39 is 5.97 Å². The molecular formula is C12H14ClNO2. The third-order valence-corrected chi connectivity index (χ3v) is 2.39. The molecule has 2 N–H and O–H groups in total. The Labute approximate surface area is 99.7 Å². The summed E-state index contributed by atoms with van der Waals surface area (Å²) >= 11 is 5.87. The lowest BCUT2D eigenvalue weighted by Gasteiger charge is -2.12. The van der Waals surface area contributed by atoms with Gasteiger partial charge < -0.3 is 10.4 Å². The second kappa shape index (κ2) is 6.30. The van der Waals surface area contributed by atoms with Crippen LogP contribution in [0.5, 0.6) is 0 Å². The molecule has 0 saturated carbocycles. The van der Waals surface area contributed by atoms with Crippen molar-refractivity contribution in [2.75, 3.05) is 6.54 Å². The molecule has 0 amide bonds. The fraction of sp³-hybridized carbons (Fsp3) is 0.250. The highest BCUT2D eigenvalue weighted by atomic mass is 35.5. The van der Waals surface area contributed by atoms with Crippen LogP contribution < -0.4 is 5.32 Å². The molecule has 0 saturated heterocycles. The van der Waals surface area contributed by atoms with E-state index in [1.165, 1.54) is 0 Å². The van der Waals surface area contributed by atoms with Gasteiger partial charge in [-0.1, -0.05) is 29.8 Å². The predicted molar refractivity (Wildman–Crippen MR) is 64.6 cm³/mol. The van der Waals surface area contributed by atoms with Gasteiger partial charge in [0.15, 0.2) is 0 Å². The smallest absolute Gasteiger partial charge is 0.328 e. The van der Waals surface area contributed by atoms with Crippen molar-refractivity contribution in [2.45, 2.75) is 13.0 Å². The minimum Gasteiger partial charge on any atom is -0.478 e. The number of carboxylic acids is 1. The summed E-state index contributed by atoms with van der Waals surface area (Å²) in [4.78, 5) is 10.2. The molecule has 0 radical (unpaired) electrons. The van der Waals surface area contributed by atoms with Crippen LogP contribution in [-0.4, -0.2) is 17.6 Å². The first-order chi connectivity index (χ1) is 7.59. The number of hydrogen-bond acceptors (Lipinski definition) is 2. The van der Waals surface area contributed by atoms with Crippen molar-refractivity contribution in [3.05, 3.63) is 47.0 Å². The first-order valence-corrected chi connectivity index (χ1v) is 5.35. The van der Waals surface area contributed by atoms with E-state index in [9.17, 15) is 4.79 Å². The summed E-state index contributed by atoms with van der Waals surface area (Å²) < 4.78 is 0. The molecule has 0 aromatic heterocycles. The summed E-state index contributed by atoms with van der Waals surface area (Å²) in [6, 6.07) is 7.72. The Morgan fingerprint density at radius 1 is 1.62 bits per heavy atom. The highest BCUT2D eigenvalue weighted by molar-refractivity contribution is 6.30. The van der Waals surface area contributed by atoms with Crippen molar-refractivity contribution in [3.63, 3.8) is 0 Å². The average molecular weight is 240 g/mol. The first kappa shape index (κ1) is 12.7. The normalized spacial score (nSPS) is 12.9. The summed E-state index contributed by atoms with van der Waals surface area (Å²) in [6.45, 7) is 2.51. The molecule has 1 aromatic carbocycles. The van der Waals surface area contributed by atoms with Gasteiger partial charge in [-0.25, -0.2) is 4.79 Å². The number of benzene rings is 1. The molecule has 86 valence electrons. The molecule has 0 aliphatic carbocycles. The summed E-state index contributed by atoms with van der Waals surface area (Å²) in [5, 5.41) is 12.3. The Hall–Kier alpha value is -1.32. The van der Waals surface area contributed by atoms with Crippen LogP contribution in [-0.2, 0) is 4.79 Å². The fourth-order valence-electron chi connectivity index (χ4n) is 1.30. The number of halogens is 1. The monoisotopic (exact) mass is 239 g/mol. The van der Waals surface area contributed by atoms with Crippen LogP contribution >= 0.6 is 11.6 Å². The lowest BCUT2D eigenvalue weighted by atomic mass is 10.1.